The van der Waals surface area contributed by atoms with E-state index in [0.717, 1.165) is 28.6 Å². The molecule has 146 valence electrons. The van der Waals surface area contributed by atoms with Gasteiger partial charge in [0.25, 0.3) is 5.56 Å². The van der Waals surface area contributed by atoms with Gasteiger partial charge in [-0.15, -0.1) is 0 Å². The summed E-state index contributed by atoms with van der Waals surface area (Å²) in [7, 11) is 2.03. The lowest BCUT2D eigenvalue weighted by Crippen LogP contribution is -2.46. The standard InChI is InChI=1S/C19H25BrN4O3/c1-12(2)18-16-8-13(20)4-5-15(16)19(26)24(22-18)11-17(25)21-9-14-10-23(3)6-7-27-14/h4-5,8,12,14H,6-7,9-11H2,1-3H3,(H,21,25). The van der Waals surface area contributed by atoms with Gasteiger partial charge in [-0.25, -0.2) is 4.68 Å². The van der Waals surface area contributed by atoms with E-state index >= 15 is 0 Å². The van der Waals surface area contributed by atoms with Crippen molar-refractivity contribution in [3.05, 3.63) is 38.7 Å². The molecule has 1 saturated heterocycles. The first-order valence-electron chi connectivity index (χ1n) is 9.12. The van der Waals surface area contributed by atoms with Gasteiger partial charge in [0.05, 0.1) is 23.8 Å². The second-order valence-corrected chi connectivity index (χ2v) is 8.17. The largest absolute Gasteiger partial charge is 0.374 e. The number of ether oxygens (including phenoxy) is 1. The molecule has 3 rings (SSSR count). The molecule has 0 radical (unpaired) electrons. The third kappa shape index (κ3) is 4.75. The van der Waals surface area contributed by atoms with E-state index in [-0.39, 0.29) is 30.0 Å². The van der Waals surface area contributed by atoms with Gasteiger partial charge in [0.15, 0.2) is 0 Å². The highest BCUT2D eigenvalue weighted by atomic mass is 79.9. The molecular weight excluding hydrogens is 412 g/mol. The maximum atomic E-state index is 12.8. The molecule has 1 N–H and O–H groups in total. The molecule has 2 aromatic rings. The summed E-state index contributed by atoms with van der Waals surface area (Å²) >= 11 is 3.45. The molecule has 1 unspecified atom stereocenters. The van der Waals surface area contributed by atoms with Gasteiger partial charge in [0.1, 0.15) is 6.54 Å². The zero-order valence-corrected chi connectivity index (χ0v) is 17.5. The minimum atomic E-state index is -0.259. The van der Waals surface area contributed by atoms with Gasteiger partial charge < -0.3 is 15.0 Å². The number of rotatable bonds is 5. The number of carbonyl (C=O) groups is 1. The van der Waals surface area contributed by atoms with Gasteiger partial charge in [-0.2, -0.15) is 5.10 Å². The van der Waals surface area contributed by atoms with Crippen molar-refractivity contribution >= 4 is 32.6 Å². The number of nitrogens with one attached hydrogen (secondary N) is 1. The molecule has 1 atom stereocenters. The lowest BCUT2D eigenvalue weighted by Gasteiger charge is -2.30. The fraction of sp³-hybridized carbons (Fsp3) is 0.526. The van der Waals surface area contributed by atoms with E-state index in [4.69, 9.17) is 4.74 Å². The number of carbonyl (C=O) groups excluding carboxylic acids is 1. The molecule has 1 fully saturated rings. The predicted molar refractivity (Wildman–Crippen MR) is 108 cm³/mol. The summed E-state index contributed by atoms with van der Waals surface area (Å²) in [5.74, 6) is -0.115. The first kappa shape index (κ1) is 20.0. The molecule has 0 spiro atoms. The maximum Gasteiger partial charge on any atom is 0.275 e. The minimum Gasteiger partial charge on any atom is -0.374 e. The number of likely N-dealkylation sites (N-methyl/N-ethyl adjacent to an activating group) is 1. The Labute approximate surface area is 166 Å². The molecule has 1 aliphatic heterocycles. The Hall–Kier alpha value is -1.77. The lowest BCUT2D eigenvalue weighted by atomic mass is 10.0. The zero-order chi connectivity index (χ0) is 19.6. The Morgan fingerprint density at radius 1 is 1.41 bits per heavy atom. The van der Waals surface area contributed by atoms with E-state index < -0.39 is 0 Å². The van der Waals surface area contributed by atoms with Gasteiger partial charge in [-0.1, -0.05) is 29.8 Å². The molecule has 0 aliphatic carbocycles. The quantitative estimate of drug-likeness (QED) is 0.771. The monoisotopic (exact) mass is 436 g/mol. The van der Waals surface area contributed by atoms with Crippen LogP contribution in [0.15, 0.2) is 27.5 Å². The second kappa shape index (κ2) is 8.50. The molecule has 8 heteroatoms. The molecule has 1 aromatic heterocycles. The van der Waals surface area contributed by atoms with Crippen LogP contribution in [0.5, 0.6) is 0 Å². The Balaban J connectivity index is 1.78. The fourth-order valence-electron chi connectivity index (χ4n) is 3.23. The van der Waals surface area contributed by atoms with Crippen LogP contribution in [-0.4, -0.2) is 60.0 Å². The number of hydrogen-bond acceptors (Lipinski definition) is 5. The van der Waals surface area contributed by atoms with E-state index in [0.29, 0.717) is 18.5 Å². The Kier molecular flexibility index (Phi) is 6.29. The van der Waals surface area contributed by atoms with Crippen LogP contribution in [0.1, 0.15) is 25.5 Å². The van der Waals surface area contributed by atoms with Crippen LogP contribution >= 0.6 is 15.9 Å². The van der Waals surface area contributed by atoms with E-state index in [1.54, 1.807) is 6.07 Å². The average molecular weight is 437 g/mol. The van der Waals surface area contributed by atoms with Gasteiger partial charge in [-0.05, 0) is 31.2 Å². The highest BCUT2D eigenvalue weighted by molar-refractivity contribution is 9.10. The normalized spacial score (nSPS) is 18.2. The third-order valence-corrected chi connectivity index (χ3v) is 5.15. The molecule has 0 bridgehead atoms. The van der Waals surface area contributed by atoms with Crippen molar-refractivity contribution in [2.24, 2.45) is 0 Å². The fourth-order valence-corrected chi connectivity index (χ4v) is 3.59. The molecule has 1 amide bonds. The first-order valence-corrected chi connectivity index (χ1v) is 9.91. The topological polar surface area (TPSA) is 76.5 Å². The van der Waals surface area contributed by atoms with Crippen molar-refractivity contribution < 1.29 is 9.53 Å². The van der Waals surface area contributed by atoms with E-state index in [1.807, 2.05) is 33.0 Å². The van der Waals surface area contributed by atoms with Crippen LogP contribution < -0.4 is 10.9 Å². The molecule has 0 saturated carbocycles. The van der Waals surface area contributed by atoms with Crippen LogP contribution in [0.4, 0.5) is 0 Å². The summed E-state index contributed by atoms with van der Waals surface area (Å²) in [4.78, 5) is 27.3. The summed E-state index contributed by atoms with van der Waals surface area (Å²) in [5.41, 5.74) is 0.543. The highest BCUT2D eigenvalue weighted by Gasteiger charge is 2.19. The number of nitrogens with zero attached hydrogens (tertiary/aromatic N) is 3. The first-order chi connectivity index (χ1) is 12.8. The van der Waals surface area contributed by atoms with Crippen molar-refractivity contribution in [1.82, 2.24) is 20.0 Å². The Morgan fingerprint density at radius 3 is 2.89 bits per heavy atom. The molecular formula is C19H25BrN4O3. The minimum absolute atomic E-state index is 0.0300. The van der Waals surface area contributed by atoms with Gasteiger partial charge >= 0.3 is 0 Å². The number of morpholine rings is 1. The van der Waals surface area contributed by atoms with Crippen LogP contribution in [0.3, 0.4) is 0 Å². The molecule has 27 heavy (non-hydrogen) atoms. The summed E-state index contributed by atoms with van der Waals surface area (Å²) in [6.45, 7) is 6.71. The van der Waals surface area contributed by atoms with Crippen molar-refractivity contribution in [3.63, 3.8) is 0 Å². The smallest absolute Gasteiger partial charge is 0.275 e. The van der Waals surface area contributed by atoms with Crippen LogP contribution in [0.25, 0.3) is 10.8 Å². The molecule has 7 nitrogen and oxygen atoms in total. The summed E-state index contributed by atoms with van der Waals surface area (Å²) < 4.78 is 7.80. The predicted octanol–water partition coefficient (Wildman–Crippen LogP) is 1.73. The number of hydrogen-bond donors (Lipinski definition) is 1. The molecule has 1 aromatic carbocycles. The van der Waals surface area contributed by atoms with Crippen molar-refractivity contribution in [2.45, 2.75) is 32.4 Å². The number of aromatic nitrogens is 2. The van der Waals surface area contributed by atoms with E-state index in [2.05, 4.69) is 31.2 Å². The summed E-state index contributed by atoms with van der Waals surface area (Å²) in [6.07, 6.45) is -0.0300. The van der Waals surface area contributed by atoms with Crippen LogP contribution in [-0.2, 0) is 16.1 Å². The summed E-state index contributed by atoms with van der Waals surface area (Å²) in [6, 6.07) is 5.50. The maximum absolute atomic E-state index is 12.8. The van der Waals surface area contributed by atoms with Crippen molar-refractivity contribution in [3.8, 4) is 0 Å². The number of halogens is 1. The second-order valence-electron chi connectivity index (χ2n) is 7.25. The van der Waals surface area contributed by atoms with Crippen molar-refractivity contribution in [2.75, 3.05) is 33.3 Å². The van der Waals surface area contributed by atoms with Crippen LogP contribution in [0.2, 0.25) is 0 Å². The Bertz CT molecular complexity index is 896. The van der Waals surface area contributed by atoms with Crippen LogP contribution in [0, 0.1) is 0 Å². The van der Waals surface area contributed by atoms with E-state index in [9.17, 15) is 9.59 Å². The number of amides is 1. The van der Waals surface area contributed by atoms with Gasteiger partial charge in [-0.3, -0.25) is 9.59 Å². The molecule has 2 heterocycles. The van der Waals surface area contributed by atoms with Gasteiger partial charge in [0, 0.05) is 29.5 Å². The average Bonchev–Trinajstić information content (AvgIpc) is 2.62. The van der Waals surface area contributed by atoms with E-state index in [1.165, 1.54) is 4.68 Å². The lowest BCUT2D eigenvalue weighted by molar-refractivity contribution is -0.123. The summed E-state index contributed by atoms with van der Waals surface area (Å²) in [5, 5.41) is 8.72. The SMILES string of the molecule is CC(C)c1nn(CC(=O)NCC2CN(C)CCO2)c(=O)c2ccc(Br)cc12. The highest BCUT2D eigenvalue weighted by Crippen LogP contribution is 2.24. The van der Waals surface area contributed by atoms with Gasteiger partial charge in [0.2, 0.25) is 5.91 Å². The zero-order valence-electron chi connectivity index (χ0n) is 15.9. The Morgan fingerprint density at radius 2 is 2.19 bits per heavy atom. The number of fused-ring (bicyclic) bond motifs is 1. The third-order valence-electron chi connectivity index (χ3n) is 4.66. The number of benzene rings is 1. The van der Waals surface area contributed by atoms with Crippen molar-refractivity contribution in [1.29, 1.82) is 0 Å². The molecule has 1 aliphatic rings.